The predicted octanol–water partition coefficient (Wildman–Crippen LogP) is 5.28. The van der Waals surface area contributed by atoms with Crippen LogP contribution in [0.4, 0.5) is 5.69 Å². The minimum atomic E-state index is -4.11. The third-order valence-corrected chi connectivity index (χ3v) is 7.18. The van der Waals surface area contributed by atoms with Gasteiger partial charge in [0.05, 0.1) is 16.1 Å². The molecule has 0 saturated carbocycles. The van der Waals surface area contributed by atoms with E-state index in [4.69, 9.17) is 16.3 Å². The van der Waals surface area contributed by atoms with E-state index in [1.54, 1.807) is 24.3 Å². The number of aromatic nitrogens is 2. The van der Waals surface area contributed by atoms with E-state index >= 15 is 0 Å². The van der Waals surface area contributed by atoms with E-state index in [0.29, 0.717) is 0 Å². The molecule has 0 saturated heterocycles. The predicted molar refractivity (Wildman–Crippen MR) is 145 cm³/mol. The van der Waals surface area contributed by atoms with E-state index in [0.717, 1.165) is 0 Å². The van der Waals surface area contributed by atoms with Crippen LogP contribution >= 0.6 is 11.6 Å². The summed E-state index contributed by atoms with van der Waals surface area (Å²) in [6.07, 6.45) is 0. The molecule has 3 N–H and O–H groups in total. The van der Waals surface area contributed by atoms with E-state index in [2.05, 4.69) is 15.1 Å². The van der Waals surface area contributed by atoms with Gasteiger partial charge in [0, 0.05) is 17.8 Å². The van der Waals surface area contributed by atoms with Crippen molar-refractivity contribution >= 4 is 39.2 Å². The summed E-state index contributed by atoms with van der Waals surface area (Å²) in [6, 6.07) is 10.6. The van der Waals surface area contributed by atoms with Crippen molar-refractivity contribution in [2.24, 2.45) is 5.92 Å². The van der Waals surface area contributed by atoms with Crippen LogP contribution in [-0.2, 0) is 15.6 Å². The van der Waals surface area contributed by atoms with Gasteiger partial charge in [-0.2, -0.15) is 5.10 Å². The molecular weight excluding hydrogens is 532 g/mol. The molecule has 0 unspecified atom stereocenters. The van der Waals surface area contributed by atoms with Crippen molar-refractivity contribution in [3.8, 4) is 11.6 Å². The first-order valence-corrected chi connectivity index (χ1v) is 13.7. The molecule has 0 atom stereocenters. The molecule has 3 rings (SSSR count). The second-order valence-corrected chi connectivity index (χ2v) is 12.3. The Morgan fingerprint density at radius 2 is 1.82 bits per heavy atom. The van der Waals surface area contributed by atoms with Crippen molar-refractivity contribution in [2.75, 3.05) is 11.9 Å². The number of carbonyl (C=O) groups excluding carboxylic acids is 1. The summed E-state index contributed by atoms with van der Waals surface area (Å²) in [7, 11) is -4.11. The Labute approximate surface area is 227 Å². The summed E-state index contributed by atoms with van der Waals surface area (Å²) >= 11 is 6.13. The van der Waals surface area contributed by atoms with Crippen molar-refractivity contribution in [1.29, 1.82) is 0 Å². The lowest BCUT2D eigenvalue weighted by Crippen LogP contribution is -2.28. The van der Waals surface area contributed by atoms with Crippen molar-refractivity contribution < 1.29 is 27.9 Å². The zero-order valence-corrected chi connectivity index (χ0v) is 23.6. The molecule has 2 aromatic carbocycles. The number of nitrogens with zero attached hydrogens (tertiary/aromatic N) is 2. The number of nitrogens with one attached hydrogen (secondary N) is 2. The number of hydrogen-bond donors (Lipinski definition) is 3. The second-order valence-electron chi connectivity index (χ2n) is 10.1. The average molecular weight is 563 g/mol. The van der Waals surface area contributed by atoms with Crippen molar-refractivity contribution in [3.05, 3.63) is 64.3 Å². The van der Waals surface area contributed by atoms with Crippen LogP contribution in [0, 0.1) is 12.8 Å². The van der Waals surface area contributed by atoms with Crippen LogP contribution in [0.15, 0.2) is 47.4 Å². The second kappa shape index (κ2) is 11.1. The van der Waals surface area contributed by atoms with Crippen LogP contribution in [0.3, 0.4) is 0 Å². The Morgan fingerprint density at radius 1 is 1.16 bits per heavy atom. The third-order valence-electron chi connectivity index (χ3n) is 5.40. The highest BCUT2D eigenvalue weighted by Crippen LogP contribution is 2.36. The number of halogens is 1. The van der Waals surface area contributed by atoms with Gasteiger partial charge in [-0.25, -0.2) is 22.6 Å². The number of carbonyl (C=O) groups is 2. The van der Waals surface area contributed by atoms with Gasteiger partial charge in [0.15, 0.2) is 5.69 Å². The minimum Gasteiger partial charge on any atom is -0.476 e. The van der Waals surface area contributed by atoms with Gasteiger partial charge in [0.2, 0.25) is 15.9 Å². The van der Waals surface area contributed by atoms with Crippen molar-refractivity contribution in [2.45, 2.75) is 52.0 Å². The molecule has 38 heavy (non-hydrogen) atoms. The van der Waals surface area contributed by atoms with E-state index < -0.39 is 27.4 Å². The first kappa shape index (κ1) is 29.2. The van der Waals surface area contributed by atoms with E-state index in [9.17, 15) is 23.1 Å². The van der Waals surface area contributed by atoms with Crippen LogP contribution in [0.5, 0.6) is 11.6 Å². The van der Waals surface area contributed by atoms with Crippen LogP contribution in [0.1, 0.15) is 61.0 Å². The van der Waals surface area contributed by atoms with Gasteiger partial charge < -0.3 is 15.2 Å². The summed E-state index contributed by atoms with van der Waals surface area (Å²) in [4.78, 5) is 24.3. The number of carboxylic acids is 1. The maximum Gasteiger partial charge on any atom is 0.356 e. The summed E-state index contributed by atoms with van der Waals surface area (Å²) < 4.78 is 36.7. The number of sulfonamides is 1. The highest BCUT2D eigenvalue weighted by atomic mass is 35.5. The SMILES string of the molecule is Cc1c(C(=O)O)nn(C(C)(C)C)c1Oc1ccc(NC(=O)c2ccccc2Cl)cc1S(=O)(=O)NCC(C)C. The Hall–Kier alpha value is -3.41. The molecule has 0 aliphatic heterocycles. The summed E-state index contributed by atoms with van der Waals surface area (Å²) in [5.41, 5.74) is -0.226. The largest absolute Gasteiger partial charge is 0.476 e. The molecule has 12 heteroatoms. The number of rotatable bonds is 9. The fraction of sp³-hybridized carbons (Fsp3) is 0.346. The Morgan fingerprint density at radius 3 is 2.39 bits per heavy atom. The number of aromatic carboxylic acids is 1. The molecule has 0 bridgehead atoms. The molecule has 0 aliphatic carbocycles. The Balaban J connectivity index is 2.11. The molecule has 0 fully saturated rings. The van der Waals surface area contributed by atoms with Crippen molar-refractivity contribution in [1.82, 2.24) is 14.5 Å². The van der Waals surface area contributed by atoms with Crippen LogP contribution < -0.4 is 14.8 Å². The highest BCUT2D eigenvalue weighted by Gasteiger charge is 2.30. The van der Waals surface area contributed by atoms with E-state index in [1.165, 1.54) is 29.8 Å². The van der Waals surface area contributed by atoms with Gasteiger partial charge in [-0.15, -0.1) is 0 Å². The van der Waals surface area contributed by atoms with Gasteiger partial charge in [0.25, 0.3) is 5.91 Å². The van der Waals surface area contributed by atoms with Gasteiger partial charge in [-0.1, -0.05) is 37.6 Å². The molecule has 204 valence electrons. The van der Waals surface area contributed by atoms with E-state index in [1.807, 2.05) is 34.6 Å². The first-order valence-electron chi connectivity index (χ1n) is 11.8. The zero-order valence-electron chi connectivity index (χ0n) is 22.0. The standard InChI is InChI=1S/C26H31ClN4O6S/c1-15(2)14-28-38(35,36)21-13-17(29-23(32)18-9-7-8-10-19(18)27)11-12-20(21)37-24-16(3)22(25(33)34)30-31(24)26(4,5)6/h7-13,15,28H,14H2,1-6H3,(H,29,32)(H,33,34). The molecular formula is C26H31ClN4O6S. The normalized spacial score (nSPS) is 12.0. The quantitative estimate of drug-likeness (QED) is 0.322. The van der Waals surface area contributed by atoms with E-state index in [-0.39, 0.29) is 56.5 Å². The molecule has 1 aromatic heterocycles. The Bertz CT molecular complexity index is 1480. The number of benzene rings is 2. The number of carboxylic acid groups (broad SMARTS) is 1. The lowest BCUT2D eigenvalue weighted by atomic mass is 10.1. The maximum absolute atomic E-state index is 13.3. The van der Waals surface area contributed by atoms with Gasteiger partial charge in [0.1, 0.15) is 10.6 Å². The molecule has 0 aliphatic rings. The zero-order chi connectivity index (χ0) is 28.4. The van der Waals surface area contributed by atoms with Crippen LogP contribution in [-0.4, -0.2) is 41.7 Å². The van der Waals surface area contributed by atoms with Crippen molar-refractivity contribution in [3.63, 3.8) is 0 Å². The summed E-state index contributed by atoms with van der Waals surface area (Å²) in [5, 5.41) is 16.7. The topological polar surface area (TPSA) is 140 Å². The Kier molecular flexibility index (Phi) is 8.55. The maximum atomic E-state index is 13.3. The lowest BCUT2D eigenvalue weighted by molar-refractivity contribution is 0.0687. The fourth-order valence-electron chi connectivity index (χ4n) is 3.44. The molecule has 3 aromatic rings. The minimum absolute atomic E-state index is 0.0277. The lowest BCUT2D eigenvalue weighted by Gasteiger charge is -2.23. The monoisotopic (exact) mass is 562 g/mol. The molecule has 1 amide bonds. The number of anilines is 1. The molecule has 1 heterocycles. The van der Waals surface area contributed by atoms with Gasteiger partial charge in [-0.3, -0.25) is 4.79 Å². The van der Waals surface area contributed by atoms with Gasteiger partial charge >= 0.3 is 5.97 Å². The third kappa shape index (κ3) is 6.53. The summed E-state index contributed by atoms with van der Waals surface area (Å²) in [5.74, 6) is -1.71. The molecule has 0 radical (unpaired) electrons. The summed E-state index contributed by atoms with van der Waals surface area (Å²) in [6.45, 7) is 10.9. The van der Waals surface area contributed by atoms with Gasteiger partial charge in [-0.05, 0) is 63.9 Å². The molecule has 0 spiro atoms. The number of amides is 1. The smallest absolute Gasteiger partial charge is 0.356 e. The van der Waals surface area contributed by atoms with Crippen LogP contribution in [0.25, 0.3) is 0 Å². The number of ether oxygens (including phenoxy) is 1. The first-order chi connectivity index (χ1) is 17.6. The number of hydrogen-bond acceptors (Lipinski definition) is 6. The fourth-order valence-corrected chi connectivity index (χ4v) is 5.03. The molecule has 10 nitrogen and oxygen atoms in total. The van der Waals surface area contributed by atoms with Crippen LogP contribution in [0.2, 0.25) is 5.02 Å². The highest BCUT2D eigenvalue weighted by molar-refractivity contribution is 7.89. The average Bonchev–Trinajstić information content (AvgIpc) is 3.15.